The van der Waals surface area contributed by atoms with Crippen LogP contribution in [0.25, 0.3) is 0 Å². The van der Waals surface area contributed by atoms with Crippen LogP contribution in [0.3, 0.4) is 0 Å². The van der Waals surface area contributed by atoms with Gasteiger partial charge in [-0.15, -0.1) is 0 Å². The summed E-state index contributed by atoms with van der Waals surface area (Å²) in [4.78, 5) is 0. The highest BCUT2D eigenvalue weighted by Gasteiger charge is 2.08. The quantitative estimate of drug-likeness (QED) is 0.703. The number of aryl methyl sites for hydroxylation is 1. The van der Waals surface area contributed by atoms with Crippen molar-refractivity contribution in [3.8, 4) is 5.75 Å². The Bertz CT molecular complexity index is 513. The van der Waals surface area contributed by atoms with Gasteiger partial charge in [-0.3, -0.25) is 0 Å². The van der Waals surface area contributed by atoms with Crippen LogP contribution in [-0.4, -0.2) is 12.7 Å². The van der Waals surface area contributed by atoms with Crippen LogP contribution in [0.4, 0.5) is 0 Å². The molecule has 0 saturated carbocycles. The van der Waals surface area contributed by atoms with Gasteiger partial charge in [0.15, 0.2) is 0 Å². The minimum Gasteiger partial charge on any atom is -0.496 e. The zero-order valence-electron chi connectivity index (χ0n) is 11.6. The minimum atomic E-state index is -0.292. The third-order valence-electron chi connectivity index (χ3n) is 3.12. The lowest BCUT2D eigenvalue weighted by molar-refractivity contribution is 0.0873. The fourth-order valence-electron chi connectivity index (χ4n) is 2.01. The van der Waals surface area contributed by atoms with Gasteiger partial charge < -0.3 is 9.47 Å². The largest absolute Gasteiger partial charge is 0.496 e. The SMILES string of the molecule is COc1ccccc1COC(Cl)CCc1ccccc1. The summed E-state index contributed by atoms with van der Waals surface area (Å²) < 4.78 is 11.0. The van der Waals surface area contributed by atoms with Crippen LogP contribution in [0.5, 0.6) is 5.75 Å². The highest BCUT2D eigenvalue weighted by molar-refractivity contribution is 6.19. The Hall–Kier alpha value is -1.51. The average molecular weight is 291 g/mol. The molecular formula is C17H19ClO2. The molecule has 2 nitrogen and oxygen atoms in total. The van der Waals surface area contributed by atoms with Crippen molar-refractivity contribution in [1.29, 1.82) is 0 Å². The first-order chi connectivity index (χ1) is 9.79. The zero-order valence-corrected chi connectivity index (χ0v) is 12.3. The van der Waals surface area contributed by atoms with Crippen LogP contribution in [0, 0.1) is 0 Å². The first-order valence-corrected chi connectivity index (χ1v) is 7.14. The number of alkyl halides is 1. The van der Waals surface area contributed by atoms with Gasteiger partial charge in [0, 0.05) is 5.56 Å². The molecular weight excluding hydrogens is 272 g/mol. The lowest BCUT2D eigenvalue weighted by Crippen LogP contribution is -2.07. The molecule has 2 aromatic carbocycles. The van der Waals surface area contributed by atoms with E-state index in [9.17, 15) is 0 Å². The third kappa shape index (κ3) is 4.55. The van der Waals surface area contributed by atoms with Gasteiger partial charge in [-0.25, -0.2) is 0 Å². The molecule has 0 aliphatic carbocycles. The minimum absolute atomic E-state index is 0.292. The number of hydrogen-bond donors (Lipinski definition) is 0. The molecule has 0 radical (unpaired) electrons. The summed E-state index contributed by atoms with van der Waals surface area (Å²) in [6, 6.07) is 18.1. The summed E-state index contributed by atoms with van der Waals surface area (Å²) in [7, 11) is 1.66. The van der Waals surface area contributed by atoms with Crippen molar-refractivity contribution in [3.05, 3.63) is 65.7 Å². The molecule has 0 N–H and O–H groups in total. The van der Waals surface area contributed by atoms with Gasteiger partial charge in [0.2, 0.25) is 0 Å². The zero-order chi connectivity index (χ0) is 14.2. The van der Waals surface area contributed by atoms with E-state index in [0.29, 0.717) is 6.61 Å². The van der Waals surface area contributed by atoms with Gasteiger partial charge >= 0.3 is 0 Å². The molecule has 0 aliphatic heterocycles. The van der Waals surface area contributed by atoms with Crippen LogP contribution in [0.1, 0.15) is 17.5 Å². The molecule has 1 atom stereocenters. The van der Waals surface area contributed by atoms with Crippen LogP contribution in [0.2, 0.25) is 0 Å². The first kappa shape index (κ1) is 14.9. The topological polar surface area (TPSA) is 18.5 Å². The summed E-state index contributed by atoms with van der Waals surface area (Å²) in [6.45, 7) is 0.465. The van der Waals surface area contributed by atoms with Crippen molar-refractivity contribution in [1.82, 2.24) is 0 Å². The molecule has 1 unspecified atom stereocenters. The number of para-hydroxylation sites is 1. The van der Waals surface area contributed by atoms with Crippen molar-refractivity contribution in [2.24, 2.45) is 0 Å². The standard InChI is InChI=1S/C17H19ClO2/c1-19-16-10-6-5-9-15(16)13-20-17(18)12-11-14-7-3-2-4-8-14/h2-10,17H,11-13H2,1H3. The van der Waals surface area contributed by atoms with Gasteiger partial charge in [0.25, 0.3) is 0 Å². The number of benzene rings is 2. The molecule has 0 amide bonds. The highest BCUT2D eigenvalue weighted by Crippen LogP contribution is 2.20. The number of hydrogen-bond acceptors (Lipinski definition) is 2. The van der Waals surface area contributed by atoms with Gasteiger partial charge in [-0.2, -0.15) is 0 Å². The van der Waals surface area contributed by atoms with Crippen LogP contribution in [0.15, 0.2) is 54.6 Å². The molecule has 0 fully saturated rings. The van der Waals surface area contributed by atoms with E-state index in [0.717, 1.165) is 24.2 Å². The molecule has 0 bridgehead atoms. The maximum atomic E-state index is 6.21. The van der Waals surface area contributed by atoms with Crippen molar-refractivity contribution >= 4 is 11.6 Å². The van der Waals surface area contributed by atoms with E-state index in [1.54, 1.807) is 7.11 Å². The monoisotopic (exact) mass is 290 g/mol. The fourth-order valence-corrected chi connectivity index (χ4v) is 2.18. The first-order valence-electron chi connectivity index (χ1n) is 6.71. The van der Waals surface area contributed by atoms with E-state index in [2.05, 4.69) is 12.1 Å². The average Bonchev–Trinajstić information content (AvgIpc) is 2.52. The van der Waals surface area contributed by atoms with Crippen LogP contribution < -0.4 is 4.74 Å². The van der Waals surface area contributed by atoms with Crippen molar-refractivity contribution < 1.29 is 9.47 Å². The Morgan fingerprint density at radius 1 is 1.00 bits per heavy atom. The summed E-state index contributed by atoms with van der Waals surface area (Å²) >= 11 is 6.21. The summed E-state index contributed by atoms with van der Waals surface area (Å²) in [6.07, 6.45) is 1.71. The molecule has 0 saturated heterocycles. The van der Waals surface area contributed by atoms with Crippen molar-refractivity contribution in [3.63, 3.8) is 0 Å². The molecule has 3 heteroatoms. The Labute approximate surface area is 125 Å². The Kier molecular flexibility index (Phi) is 5.90. The highest BCUT2D eigenvalue weighted by atomic mass is 35.5. The van der Waals surface area contributed by atoms with Gasteiger partial charge in [0.05, 0.1) is 13.7 Å². The fraction of sp³-hybridized carbons (Fsp3) is 0.294. The number of rotatable bonds is 7. The summed E-state index contributed by atoms with van der Waals surface area (Å²) in [5.41, 5.74) is 2.00. The summed E-state index contributed by atoms with van der Waals surface area (Å²) in [5, 5.41) is 0. The lowest BCUT2D eigenvalue weighted by Gasteiger charge is -2.13. The van der Waals surface area contributed by atoms with Gasteiger partial charge in [0.1, 0.15) is 11.3 Å². The lowest BCUT2D eigenvalue weighted by atomic mass is 10.1. The smallest absolute Gasteiger partial charge is 0.131 e. The molecule has 0 aromatic heterocycles. The van der Waals surface area contributed by atoms with Crippen LogP contribution >= 0.6 is 11.6 Å². The van der Waals surface area contributed by atoms with E-state index < -0.39 is 0 Å². The molecule has 0 spiro atoms. The molecule has 106 valence electrons. The van der Waals surface area contributed by atoms with E-state index in [-0.39, 0.29) is 5.56 Å². The molecule has 2 rings (SSSR count). The maximum absolute atomic E-state index is 6.21. The number of halogens is 1. The van der Waals surface area contributed by atoms with E-state index >= 15 is 0 Å². The molecule has 0 aliphatic rings. The second-order valence-corrected chi connectivity index (χ2v) is 5.04. The second kappa shape index (κ2) is 7.93. The number of ether oxygens (including phenoxy) is 2. The van der Waals surface area contributed by atoms with E-state index in [4.69, 9.17) is 21.1 Å². The summed E-state index contributed by atoms with van der Waals surface area (Å²) in [5.74, 6) is 0.833. The van der Waals surface area contributed by atoms with Crippen molar-refractivity contribution in [2.75, 3.05) is 7.11 Å². The van der Waals surface area contributed by atoms with Gasteiger partial charge in [-0.1, -0.05) is 60.1 Å². The normalized spacial score (nSPS) is 12.1. The Balaban J connectivity index is 1.79. The Morgan fingerprint density at radius 2 is 1.70 bits per heavy atom. The predicted octanol–water partition coefficient (Wildman–Crippen LogP) is 4.41. The number of methoxy groups -OCH3 is 1. The Morgan fingerprint density at radius 3 is 2.45 bits per heavy atom. The molecule has 2 aromatic rings. The third-order valence-corrected chi connectivity index (χ3v) is 3.46. The molecule has 20 heavy (non-hydrogen) atoms. The maximum Gasteiger partial charge on any atom is 0.131 e. The second-order valence-electron chi connectivity index (χ2n) is 4.56. The van der Waals surface area contributed by atoms with E-state index in [1.807, 2.05) is 42.5 Å². The molecule has 0 heterocycles. The predicted molar refractivity (Wildman–Crippen MR) is 82.2 cm³/mol. The van der Waals surface area contributed by atoms with Crippen LogP contribution in [-0.2, 0) is 17.8 Å². The van der Waals surface area contributed by atoms with E-state index in [1.165, 1.54) is 5.56 Å². The van der Waals surface area contributed by atoms with Crippen molar-refractivity contribution in [2.45, 2.75) is 25.0 Å². The van der Waals surface area contributed by atoms with Gasteiger partial charge in [-0.05, 0) is 24.5 Å².